The van der Waals surface area contributed by atoms with E-state index in [-0.39, 0.29) is 13.8 Å². The van der Waals surface area contributed by atoms with Crippen LogP contribution < -0.4 is 0 Å². The first-order valence-corrected chi connectivity index (χ1v) is 6.42. The topological polar surface area (TPSA) is 161 Å². The van der Waals surface area contributed by atoms with Crippen LogP contribution in [0.5, 0.6) is 0 Å². The van der Waals surface area contributed by atoms with Crippen LogP contribution in [0.15, 0.2) is 16.5 Å². The number of ether oxygens (including phenoxy) is 1. The van der Waals surface area contributed by atoms with E-state index in [0.29, 0.717) is 19.2 Å². The van der Waals surface area contributed by atoms with Crippen LogP contribution in [-0.2, 0) is 11.3 Å². The molecule has 23 heavy (non-hydrogen) atoms. The standard InChI is InChI=1S/C6H12O6.C6H6O3.CH3F/c7-1-3-4(9)5(10)6(11,2-8)12-3;7-3-5-1-2-6(4-8)9-5;1-2/h3-5,7-11H,1-2H2;1-3,8H,4H2;1H3/p+1/t3-,4-,5+,6-;;/m1../s1. The van der Waals surface area contributed by atoms with E-state index in [2.05, 4.69) is 4.74 Å². The van der Waals surface area contributed by atoms with Crippen molar-refractivity contribution in [3.8, 4) is 0 Å². The SMILES string of the molecule is CF.O=Cc1ccc(CO)o1.OC[C@H]1O[C@](O)(CO)[C@@H](O)[C@@H]1O.[H+]. The molecule has 0 bridgehead atoms. The normalized spacial score (nSPS) is 29.1. The van der Waals surface area contributed by atoms with Gasteiger partial charge in [-0.15, -0.1) is 0 Å². The highest BCUT2D eigenvalue weighted by molar-refractivity contribution is 5.70. The third-order valence-corrected chi connectivity index (χ3v) is 2.88. The fourth-order valence-corrected chi connectivity index (χ4v) is 1.69. The fraction of sp³-hybridized carbons (Fsp3) is 0.615. The average molecular weight is 341 g/mol. The van der Waals surface area contributed by atoms with Gasteiger partial charge in [0.15, 0.2) is 12.0 Å². The van der Waals surface area contributed by atoms with E-state index in [9.17, 15) is 14.3 Å². The van der Waals surface area contributed by atoms with Gasteiger partial charge in [-0.25, -0.2) is 0 Å². The van der Waals surface area contributed by atoms with Crippen molar-refractivity contribution in [2.24, 2.45) is 0 Å². The van der Waals surface area contributed by atoms with Crippen molar-refractivity contribution in [2.75, 3.05) is 20.4 Å². The molecule has 1 aliphatic rings. The van der Waals surface area contributed by atoms with Crippen LogP contribution in [0.3, 0.4) is 0 Å². The minimum Gasteiger partial charge on any atom is -0.456 e. The number of hydrogen-bond donors (Lipinski definition) is 6. The number of alkyl halides is 1. The first-order chi connectivity index (χ1) is 10.9. The highest BCUT2D eigenvalue weighted by Crippen LogP contribution is 2.28. The second-order valence-corrected chi connectivity index (χ2v) is 4.36. The Morgan fingerprint density at radius 1 is 1.30 bits per heavy atom. The molecular formula is C13H22FO9+. The Morgan fingerprint density at radius 3 is 2.17 bits per heavy atom. The number of carbonyl (C=O) groups is 1. The average Bonchev–Trinajstić information content (AvgIpc) is 3.16. The van der Waals surface area contributed by atoms with Crippen molar-refractivity contribution >= 4 is 6.29 Å². The van der Waals surface area contributed by atoms with Crippen molar-refractivity contribution in [1.82, 2.24) is 0 Å². The Balaban J connectivity index is 0. The summed E-state index contributed by atoms with van der Waals surface area (Å²) in [5, 5.41) is 53.1. The molecule has 9 nitrogen and oxygen atoms in total. The highest BCUT2D eigenvalue weighted by atomic mass is 19.1. The van der Waals surface area contributed by atoms with Crippen LogP contribution in [0, 0.1) is 0 Å². The highest BCUT2D eigenvalue weighted by Gasteiger charge is 2.52. The van der Waals surface area contributed by atoms with E-state index in [0.717, 1.165) is 0 Å². The molecule has 1 saturated heterocycles. The molecule has 0 aliphatic carbocycles. The summed E-state index contributed by atoms with van der Waals surface area (Å²) in [5.74, 6) is -1.50. The molecule has 4 atom stereocenters. The van der Waals surface area contributed by atoms with E-state index in [1.54, 1.807) is 6.07 Å². The second kappa shape index (κ2) is 10.4. The zero-order valence-corrected chi connectivity index (χ0v) is 12.4. The molecule has 1 aromatic heterocycles. The number of halogens is 1. The maximum absolute atomic E-state index is 9.96. The van der Waals surface area contributed by atoms with Crippen LogP contribution in [0.2, 0.25) is 0 Å². The van der Waals surface area contributed by atoms with Gasteiger partial charge in [0.1, 0.15) is 30.7 Å². The molecule has 10 heteroatoms. The summed E-state index contributed by atoms with van der Waals surface area (Å²) in [6.07, 6.45) is -3.44. The maximum Gasteiger partial charge on any atom is 1.00 e. The van der Waals surface area contributed by atoms with Gasteiger partial charge in [0.05, 0.1) is 20.4 Å². The number of aliphatic hydroxyl groups excluding tert-OH is 5. The number of hydrogen-bond acceptors (Lipinski definition) is 9. The summed E-state index contributed by atoms with van der Waals surface area (Å²) in [4.78, 5) is 9.96. The number of aldehydes is 1. The van der Waals surface area contributed by atoms with Gasteiger partial charge < -0.3 is 39.8 Å². The lowest BCUT2D eigenvalue weighted by molar-refractivity contribution is -0.248. The third-order valence-electron chi connectivity index (χ3n) is 2.88. The van der Waals surface area contributed by atoms with Gasteiger partial charge in [-0.3, -0.25) is 9.18 Å². The summed E-state index contributed by atoms with van der Waals surface area (Å²) in [5.41, 5.74) is 0. The Hall–Kier alpha value is -1.40. The minimum absolute atomic E-state index is 0. The molecule has 134 valence electrons. The predicted octanol–water partition coefficient (Wildman–Crippen LogP) is -1.94. The van der Waals surface area contributed by atoms with Gasteiger partial charge in [-0.05, 0) is 12.1 Å². The van der Waals surface area contributed by atoms with Gasteiger partial charge in [0.2, 0.25) is 5.79 Å². The van der Waals surface area contributed by atoms with Gasteiger partial charge in [0, 0.05) is 0 Å². The summed E-state index contributed by atoms with van der Waals surface area (Å²) >= 11 is 0. The quantitative estimate of drug-likeness (QED) is 0.342. The van der Waals surface area contributed by atoms with Crippen molar-refractivity contribution in [3.05, 3.63) is 23.7 Å². The molecule has 2 rings (SSSR count). The molecule has 0 amide bonds. The molecule has 0 aromatic carbocycles. The largest absolute Gasteiger partial charge is 1.00 e. The Labute approximate surface area is 132 Å². The summed E-state index contributed by atoms with van der Waals surface area (Å²) < 4.78 is 18.9. The van der Waals surface area contributed by atoms with E-state index in [4.69, 9.17) is 29.9 Å². The Bertz CT molecular complexity index is 458. The first kappa shape index (κ1) is 21.6. The Morgan fingerprint density at radius 2 is 1.91 bits per heavy atom. The number of aliphatic hydroxyl groups is 6. The summed E-state index contributed by atoms with van der Waals surface area (Å²) in [6.45, 7) is -1.52. The molecule has 1 aromatic rings. The molecule has 0 unspecified atom stereocenters. The van der Waals surface area contributed by atoms with E-state index in [1.807, 2.05) is 0 Å². The minimum atomic E-state index is -2.16. The van der Waals surface area contributed by atoms with E-state index >= 15 is 0 Å². The maximum atomic E-state index is 9.96. The van der Waals surface area contributed by atoms with Gasteiger partial charge in [0.25, 0.3) is 0 Å². The first-order valence-electron chi connectivity index (χ1n) is 6.42. The van der Waals surface area contributed by atoms with Crippen LogP contribution >= 0.6 is 0 Å². The van der Waals surface area contributed by atoms with Gasteiger partial charge in [-0.2, -0.15) is 0 Å². The van der Waals surface area contributed by atoms with Gasteiger partial charge >= 0.3 is 1.43 Å². The number of furan rings is 1. The lowest BCUT2D eigenvalue weighted by Crippen LogP contribution is -2.46. The van der Waals surface area contributed by atoms with Crippen LogP contribution in [0.4, 0.5) is 4.39 Å². The molecule has 6 N–H and O–H groups in total. The second-order valence-electron chi connectivity index (χ2n) is 4.36. The molecule has 1 fully saturated rings. The fourth-order valence-electron chi connectivity index (χ4n) is 1.69. The summed E-state index contributed by atoms with van der Waals surface area (Å²) in [6, 6.07) is 3.07. The van der Waals surface area contributed by atoms with Crippen molar-refractivity contribution in [1.29, 1.82) is 0 Å². The summed E-state index contributed by atoms with van der Waals surface area (Å²) in [7, 11) is 0.500. The molecule has 0 radical (unpaired) electrons. The van der Waals surface area contributed by atoms with Gasteiger partial charge in [-0.1, -0.05) is 0 Å². The van der Waals surface area contributed by atoms with Crippen LogP contribution in [-0.4, -0.2) is 81.4 Å². The number of rotatable bonds is 4. The zero-order valence-electron chi connectivity index (χ0n) is 13.4. The van der Waals surface area contributed by atoms with E-state index in [1.165, 1.54) is 6.07 Å². The van der Waals surface area contributed by atoms with Crippen LogP contribution in [0.1, 0.15) is 17.7 Å². The lowest BCUT2D eigenvalue weighted by Gasteiger charge is -2.22. The predicted molar refractivity (Wildman–Crippen MR) is 74.2 cm³/mol. The van der Waals surface area contributed by atoms with Crippen molar-refractivity contribution in [3.63, 3.8) is 0 Å². The third kappa shape index (κ3) is 5.62. The molecule has 0 saturated carbocycles. The molecule has 1 aliphatic heterocycles. The molecular weight excluding hydrogens is 319 g/mol. The smallest absolute Gasteiger partial charge is 0.456 e. The van der Waals surface area contributed by atoms with E-state index < -0.39 is 37.3 Å². The van der Waals surface area contributed by atoms with Crippen molar-refractivity contribution in [2.45, 2.75) is 30.7 Å². The molecule has 2 heterocycles. The van der Waals surface area contributed by atoms with Crippen molar-refractivity contribution < 1.29 is 50.4 Å². The zero-order chi connectivity index (χ0) is 18.0. The van der Waals surface area contributed by atoms with Crippen LogP contribution in [0.25, 0.3) is 0 Å². The Kier molecular flexibility index (Phi) is 9.76. The monoisotopic (exact) mass is 341 g/mol. The molecule has 0 spiro atoms. The lowest BCUT2D eigenvalue weighted by atomic mass is 10.1. The number of carbonyl (C=O) groups excluding carboxylic acids is 1.